The van der Waals surface area contributed by atoms with E-state index in [1.807, 2.05) is 0 Å². The zero-order valence-electron chi connectivity index (χ0n) is 5.50. The van der Waals surface area contributed by atoms with Gasteiger partial charge in [0.15, 0.2) is 5.37 Å². The number of nitrogens with one attached hydrogen (secondary N) is 1. The largest absolute Gasteiger partial charge is 0.479 e. The topological polar surface area (TPSA) is 66.4 Å². The molecule has 0 rings (SSSR count). The van der Waals surface area contributed by atoms with Gasteiger partial charge in [0, 0.05) is 6.42 Å². The molecule has 0 spiro atoms. The Balaban J connectivity index is 3.68. The first-order chi connectivity index (χ1) is 4.57. The van der Waals surface area contributed by atoms with Crippen LogP contribution in [0.4, 0.5) is 0 Å². The third-order valence-corrected chi connectivity index (χ3v) is 1.20. The molecular formula is C5H9NO3S. The van der Waals surface area contributed by atoms with Crippen LogP contribution < -0.4 is 5.32 Å². The molecule has 10 heavy (non-hydrogen) atoms. The summed E-state index contributed by atoms with van der Waals surface area (Å²) >= 11 is 3.59. The lowest BCUT2D eigenvalue weighted by Crippen LogP contribution is -2.36. The predicted octanol–water partition coefficient (Wildman–Crippen LogP) is -0.147. The van der Waals surface area contributed by atoms with Crippen molar-refractivity contribution in [2.45, 2.75) is 18.7 Å². The third-order valence-electron chi connectivity index (χ3n) is 0.853. The summed E-state index contributed by atoms with van der Waals surface area (Å²) in [5, 5.41) is 9.30. The van der Waals surface area contributed by atoms with E-state index in [2.05, 4.69) is 17.9 Å². The van der Waals surface area contributed by atoms with E-state index < -0.39 is 11.3 Å². The van der Waals surface area contributed by atoms with E-state index in [1.54, 1.807) is 6.92 Å². The van der Waals surface area contributed by atoms with Gasteiger partial charge in [-0.3, -0.25) is 4.79 Å². The van der Waals surface area contributed by atoms with E-state index in [0.717, 1.165) is 0 Å². The monoisotopic (exact) mass is 163 g/mol. The van der Waals surface area contributed by atoms with Gasteiger partial charge in [-0.25, -0.2) is 4.79 Å². The Labute approximate surface area is 64.0 Å². The molecule has 4 nitrogen and oxygen atoms in total. The van der Waals surface area contributed by atoms with Gasteiger partial charge >= 0.3 is 5.97 Å². The van der Waals surface area contributed by atoms with E-state index in [0.29, 0.717) is 0 Å². The minimum atomic E-state index is -1.15. The first-order valence-corrected chi connectivity index (χ1v) is 3.29. The normalized spacial score (nSPS) is 12.2. The average molecular weight is 163 g/mol. The van der Waals surface area contributed by atoms with Crippen LogP contribution in [0.5, 0.6) is 0 Å². The Kier molecular flexibility index (Phi) is 3.87. The van der Waals surface area contributed by atoms with Crippen molar-refractivity contribution in [3.63, 3.8) is 0 Å². The van der Waals surface area contributed by atoms with E-state index in [9.17, 15) is 9.59 Å². The second-order valence-corrected chi connectivity index (χ2v) is 2.18. The first kappa shape index (κ1) is 9.29. The number of carbonyl (C=O) groups excluding carboxylic acids is 1. The van der Waals surface area contributed by atoms with Crippen molar-refractivity contribution < 1.29 is 14.7 Å². The zero-order valence-corrected chi connectivity index (χ0v) is 6.39. The van der Waals surface area contributed by atoms with Gasteiger partial charge in [0.1, 0.15) is 0 Å². The number of amides is 1. The van der Waals surface area contributed by atoms with E-state index in [-0.39, 0.29) is 12.3 Å². The minimum Gasteiger partial charge on any atom is -0.479 e. The molecule has 0 radical (unpaired) electrons. The molecule has 0 aromatic rings. The summed E-state index contributed by atoms with van der Waals surface area (Å²) in [6.07, 6.45) is 0.268. The van der Waals surface area contributed by atoms with Crippen molar-refractivity contribution in [3.8, 4) is 0 Å². The standard InChI is InChI=1S/C5H9NO3S/c1-2-3(7)6-4(10)5(8)9/h4,10H,2H2,1H3,(H,6,7)(H,8,9). The van der Waals surface area contributed by atoms with Gasteiger partial charge in [-0.15, -0.1) is 12.6 Å². The number of thiol groups is 1. The molecule has 0 aliphatic heterocycles. The molecule has 0 heterocycles. The summed E-state index contributed by atoms with van der Waals surface area (Å²) in [6, 6.07) is 0. The summed E-state index contributed by atoms with van der Waals surface area (Å²) in [4.78, 5) is 20.6. The summed E-state index contributed by atoms with van der Waals surface area (Å²) in [5.41, 5.74) is 0. The number of carboxylic acids is 1. The number of hydrogen-bond donors (Lipinski definition) is 3. The maximum Gasteiger partial charge on any atom is 0.336 e. The highest BCUT2D eigenvalue weighted by atomic mass is 32.1. The van der Waals surface area contributed by atoms with Gasteiger partial charge in [-0.05, 0) is 0 Å². The van der Waals surface area contributed by atoms with Crippen LogP contribution in [0.25, 0.3) is 0 Å². The van der Waals surface area contributed by atoms with Crippen molar-refractivity contribution in [1.29, 1.82) is 0 Å². The summed E-state index contributed by atoms with van der Waals surface area (Å²) in [7, 11) is 0. The van der Waals surface area contributed by atoms with Crippen molar-refractivity contribution in [2.24, 2.45) is 0 Å². The second kappa shape index (κ2) is 4.16. The van der Waals surface area contributed by atoms with Crippen molar-refractivity contribution >= 4 is 24.5 Å². The van der Waals surface area contributed by atoms with Crippen molar-refractivity contribution in [1.82, 2.24) is 5.32 Å². The van der Waals surface area contributed by atoms with E-state index in [4.69, 9.17) is 5.11 Å². The molecule has 0 aromatic carbocycles. The molecule has 1 amide bonds. The highest BCUT2D eigenvalue weighted by Gasteiger charge is 2.12. The predicted molar refractivity (Wildman–Crippen MR) is 38.8 cm³/mol. The number of hydrogen-bond acceptors (Lipinski definition) is 3. The molecule has 1 unspecified atom stereocenters. The lowest BCUT2D eigenvalue weighted by atomic mass is 10.4. The third kappa shape index (κ3) is 3.34. The summed E-state index contributed by atoms with van der Waals surface area (Å²) < 4.78 is 0. The lowest BCUT2D eigenvalue weighted by Gasteiger charge is -2.05. The Morgan fingerprint density at radius 3 is 2.50 bits per heavy atom. The molecule has 0 saturated heterocycles. The Morgan fingerprint density at radius 2 is 2.20 bits per heavy atom. The average Bonchev–Trinajstić information content (AvgIpc) is 1.87. The number of carboxylic acid groups (broad SMARTS) is 1. The van der Waals surface area contributed by atoms with Crippen LogP contribution in [-0.2, 0) is 9.59 Å². The van der Waals surface area contributed by atoms with E-state index >= 15 is 0 Å². The molecule has 0 aliphatic rings. The van der Waals surface area contributed by atoms with Crippen LogP contribution in [0.3, 0.4) is 0 Å². The van der Waals surface area contributed by atoms with Crippen LogP contribution in [0.1, 0.15) is 13.3 Å². The number of aliphatic carboxylic acids is 1. The van der Waals surface area contributed by atoms with Crippen molar-refractivity contribution in [2.75, 3.05) is 0 Å². The molecule has 1 atom stereocenters. The fraction of sp³-hybridized carbons (Fsp3) is 0.600. The molecule has 0 aromatic heterocycles. The highest BCUT2D eigenvalue weighted by molar-refractivity contribution is 7.81. The Hall–Kier alpha value is -0.710. The van der Waals surface area contributed by atoms with Gasteiger partial charge < -0.3 is 10.4 Å². The highest BCUT2D eigenvalue weighted by Crippen LogP contribution is 1.89. The maximum absolute atomic E-state index is 10.5. The molecule has 58 valence electrons. The molecule has 0 saturated carbocycles. The van der Waals surface area contributed by atoms with Gasteiger partial charge in [0.25, 0.3) is 0 Å². The van der Waals surface area contributed by atoms with Crippen LogP contribution in [0.15, 0.2) is 0 Å². The van der Waals surface area contributed by atoms with Gasteiger partial charge in [-0.1, -0.05) is 6.92 Å². The Morgan fingerprint density at radius 1 is 1.70 bits per heavy atom. The Bertz CT molecular complexity index is 148. The van der Waals surface area contributed by atoms with Crippen LogP contribution in [0.2, 0.25) is 0 Å². The minimum absolute atomic E-state index is 0.268. The van der Waals surface area contributed by atoms with E-state index in [1.165, 1.54) is 0 Å². The number of rotatable bonds is 3. The smallest absolute Gasteiger partial charge is 0.336 e. The zero-order chi connectivity index (χ0) is 8.15. The molecule has 2 N–H and O–H groups in total. The van der Waals surface area contributed by atoms with Crippen molar-refractivity contribution in [3.05, 3.63) is 0 Å². The molecule has 5 heteroatoms. The summed E-state index contributed by atoms with van der Waals surface area (Å²) in [5.74, 6) is -1.47. The van der Waals surface area contributed by atoms with Gasteiger partial charge in [-0.2, -0.15) is 0 Å². The lowest BCUT2D eigenvalue weighted by molar-refractivity contribution is -0.139. The SMILES string of the molecule is CCC(=O)NC(S)C(=O)O. The number of carbonyl (C=O) groups is 2. The molecule has 0 bridgehead atoms. The van der Waals surface area contributed by atoms with Crippen LogP contribution >= 0.6 is 12.6 Å². The molecule has 0 fully saturated rings. The quantitative estimate of drug-likeness (QED) is 0.400. The summed E-state index contributed by atoms with van der Waals surface area (Å²) in [6.45, 7) is 1.64. The van der Waals surface area contributed by atoms with Crippen LogP contribution in [-0.4, -0.2) is 22.4 Å². The van der Waals surface area contributed by atoms with Gasteiger partial charge in [0.05, 0.1) is 0 Å². The molecular weight excluding hydrogens is 154 g/mol. The fourth-order valence-corrected chi connectivity index (χ4v) is 0.460. The maximum atomic E-state index is 10.5. The van der Waals surface area contributed by atoms with Crippen LogP contribution in [0, 0.1) is 0 Å². The fourth-order valence-electron chi connectivity index (χ4n) is 0.316. The molecule has 0 aliphatic carbocycles. The second-order valence-electron chi connectivity index (χ2n) is 1.66. The first-order valence-electron chi connectivity index (χ1n) is 2.78. The van der Waals surface area contributed by atoms with Gasteiger partial charge in [0.2, 0.25) is 5.91 Å².